The highest BCUT2D eigenvalue weighted by Gasteiger charge is 2.27. The van der Waals surface area contributed by atoms with E-state index in [-0.39, 0.29) is 11.8 Å². The molecule has 0 aliphatic rings. The Kier molecular flexibility index (Phi) is 6.40. The lowest BCUT2D eigenvalue weighted by Crippen LogP contribution is -2.14. The molecule has 2 aromatic carbocycles. The highest BCUT2D eigenvalue weighted by atomic mass is 14.8. The van der Waals surface area contributed by atoms with Crippen LogP contribution in [-0.4, -0.2) is 15.0 Å². The Morgan fingerprint density at radius 2 is 0.917 bits per heavy atom. The second-order valence-corrected chi connectivity index (χ2v) is 10.2. The van der Waals surface area contributed by atoms with Crippen LogP contribution in [0.3, 0.4) is 0 Å². The summed E-state index contributed by atoms with van der Waals surface area (Å²) < 4.78 is 0. The number of aryl methyl sites for hydroxylation is 6. The summed E-state index contributed by atoms with van der Waals surface area (Å²) in [6, 6.07) is 24.1. The molecule has 3 aromatic heterocycles. The topological polar surface area (TPSA) is 44.5 Å². The lowest BCUT2D eigenvalue weighted by Gasteiger charge is -2.25. The maximum absolute atomic E-state index is 5.41. The van der Waals surface area contributed by atoms with Gasteiger partial charge in [0.05, 0.1) is 23.2 Å². The molecule has 0 saturated heterocycles. The van der Waals surface area contributed by atoms with Gasteiger partial charge < -0.3 is 9.97 Å². The number of hydrogen-bond donors (Lipinski definition) is 2. The van der Waals surface area contributed by atoms with Gasteiger partial charge in [-0.1, -0.05) is 41.5 Å². The number of benzene rings is 2. The molecule has 0 aliphatic carbocycles. The van der Waals surface area contributed by atoms with Gasteiger partial charge in [-0.2, -0.15) is 0 Å². The third-order valence-corrected chi connectivity index (χ3v) is 7.30. The normalized spacial score (nSPS) is 13.1. The quantitative estimate of drug-likeness (QED) is 0.258. The number of nitrogens with zero attached hydrogens (tertiary/aromatic N) is 1. The molecule has 0 bridgehead atoms. The fraction of sp³-hybridized carbons (Fsp3) is 0.242. The van der Waals surface area contributed by atoms with Gasteiger partial charge in [0.2, 0.25) is 0 Å². The van der Waals surface area contributed by atoms with Crippen molar-refractivity contribution in [1.82, 2.24) is 15.0 Å². The van der Waals surface area contributed by atoms with Gasteiger partial charge >= 0.3 is 0 Å². The summed E-state index contributed by atoms with van der Waals surface area (Å²) in [4.78, 5) is 12.4. The van der Waals surface area contributed by atoms with Crippen LogP contribution in [0.25, 0.3) is 0 Å². The molecule has 36 heavy (non-hydrogen) atoms. The molecule has 3 nitrogen and oxygen atoms in total. The van der Waals surface area contributed by atoms with E-state index in [0.717, 1.165) is 22.8 Å². The Hall–Kier alpha value is -3.85. The van der Waals surface area contributed by atoms with E-state index < -0.39 is 0 Å². The molecule has 5 rings (SSSR count). The third-order valence-electron chi connectivity index (χ3n) is 7.30. The van der Waals surface area contributed by atoms with Gasteiger partial charge in [0, 0.05) is 23.8 Å². The van der Waals surface area contributed by atoms with Crippen molar-refractivity contribution < 1.29 is 0 Å². The summed E-state index contributed by atoms with van der Waals surface area (Å²) in [5, 5.41) is 0. The van der Waals surface area contributed by atoms with Crippen molar-refractivity contribution >= 4 is 0 Å². The van der Waals surface area contributed by atoms with Gasteiger partial charge in [0.25, 0.3) is 0 Å². The minimum absolute atomic E-state index is 0.0325. The SMILES string of the molecule is Cc1cc(C)c(C(c2cccc(C(c3ccc[nH]3)c3c(C)cc(C)cc3C)n2)c2ccc[nH]2)c(C)c1. The van der Waals surface area contributed by atoms with Crippen molar-refractivity contribution in [1.29, 1.82) is 0 Å². The molecule has 2 unspecified atom stereocenters. The molecular formula is C33H35N3. The molecule has 2 atom stereocenters. The summed E-state index contributed by atoms with van der Waals surface area (Å²) >= 11 is 0. The second kappa shape index (κ2) is 9.66. The van der Waals surface area contributed by atoms with Crippen molar-refractivity contribution in [3.05, 3.63) is 146 Å². The van der Waals surface area contributed by atoms with Crippen LogP contribution in [0.2, 0.25) is 0 Å². The van der Waals surface area contributed by atoms with Gasteiger partial charge in [0.15, 0.2) is 0 Å². The molecular weight excluding hydrogens is 438 g/mol. The van der Waals surface area contributed by atoms with Crippen LogP contribution in [0.1, 0.15) is 79.1 Å². The molecule has 3 heterocycles. The predicted molar refractivity (Wildman–Crippen MR) is 149 cm³/mol. The number of nitrogens with one attached hydrogen (secondary N) is 2. The fourth-order valence-corrected chi connectivity index (χ4v) is 6.06. The summed E-state index contributed by atoms with van der Waals surface area (Å²) in [6.45, 7) is 13.2. The summed E-state index contributed by atoms with van der Waals surface area (Å²) in [5.41, 5.74) is 14.9. The second-order valence-electron chi connectivity index (χ2n) is 10.2. The zero-order valence-corrected chi connectivity index (χ0v) is 22.1. The first-order valence-electron chi connectivity index (χ1n) is 12.7. The molecule has 2 N–H and O–H groups in total. The zero-order valence-electron chi connectivity index (χ0n) is 22.1. The standard InChI is InChI=1S/C33H35N3/c1-20-16-22(3)30(23(4)17-20)32(26-12-8-14-34-26)28-10-7-11-29(36-28)33(27-13-9-15-35-27)31-24(5)18-21(2)19-25(31)6/h7-19,32-35H,1-6H3. The number of hydrogen-bond acceptors (Lipinski definition) is 1. The Morgan fingerprint density at radius 3 is 1.25 bits per heavy atom. The Labute approximate surface area is 214 Å². The van der Waals surface area contributed by atoms with Gasteiger partial charge in [0.1, 0.15) is 0 Å². The third kappa shape index (κ3) is 4.42. The van der Waals surface area contributed by atoms with Crippen LogP contribution in [0.15, 0.2) is 79.1 Å². The summed E-state index contributed by atoms with van der Waals surface area (Å²) in [5.74, 6) is 0.0649. The molecule has 0 radical (unpaired) electrons. The lowest BCUT2D eigenvalue weighted by molar-refractivity contribution is 0.813. The number of pyridine rings is 1. The molecule has 0 amide bonds. The molecule has 0 spiro atoms. The van der Waals surface area contributed by atoms with Gasteiger partial charge in [-0.25, -0.2) is 0 Å². The van der Waals surface area contributed by atoms with Crippen LogP contribution in [0.5, 0.6) is 0 Å². The zero-order chi connectivity index (χ0) is 25.4. The molecule has 0 fully saturated rings. The van der Waals surface area contributed by atoms with E-state index in [1.54, 1.807) is 0 Å². The van der Waals surface area contributed by atoms with Crippen molar-refractivity contribution in [3.63, 3.8) is 0 Å². The number of H-pyrrole nitrogens is 2. The van der Waals surface area contributed by atoms with Gasteiger partial charge in [-0.15, -0.1) is 0 Å². The maximum Gasteiger partial charge on any atom is 0.0668 e. The van der Waals surface area contributed by atoms with Crippen LogP contribution >= 0.6 is 0 Å². The van der Waals surface area contributed by atoms with Crippen LogP contribution in [0.4, 0.5) is 0 Å². The van der Waals surface area contributed by atoms with E-state index in [0.29, 0.717) is 0 Å². The van der Waals surface area contributed by atoms with E-state index >= 15 is 0 Å². The lowest BCUT2D eigenvalue weighted by atomic mass is 9.83. The minimum Gasteiger partial charge on any atom is -0.364 e. The highest BCUT2D eigenvalue weighted by molar-refractivity contribution is 5.51. The van der Waals surface area contributed by atoms with E-state index in [2.05, 4.69) is 118 Å². The smallest absolute Gasteiger partial charge is 0.0668 e. The van der Waals surface area contributed by atoms with Gasteiger partial charge in [-0.3, -0.25) is 4.98 Å². The number of aromatic amines is 2. The average Bonchev–Trinajstić information content (AvgIpc) is 3.53. The maximum atomic E-state index is 5.41. The molecule has 5 aromatic rings. The van der Waals surface area contributed by atoms with Crippen molar-refractivity contribution in [2.24, 2.45) is 0 Å². The van der Waals surface area contributed by atoms with Crippen LogP contribution in [-0.2, 0) is 0 Å². The first-order chi connectivity index (χ1) is 17.3. The molecule has 182 valence electrons. The molecule has 0 aliphatic heterocycles. The molecule has 3 heteroatoms. The van der Waals surface area contributed by atoms with Crippen molar-refractivity contribution in [3.8, 4) is 0 Å². The molecule has 0 saturated carbocycles. The summed E-state index contributed by atoms with van der Waals surface area (Å²) in [7, 11) is 0. The average molecular weight is 474 g/mol. The van der Waals surface area contributed by atoms with E-state index in [1.165, 1.54) is 44.5 Å². The van der Waals surface area contributed by atoms with E-state index in [1.807, 2.05) is 12.4 Å². The first kappa shape index (κ1) is 23.9. The Balaban J connectivity index is 1.72. The first-order valence-corrected chi connectivity index (χ1v) is 12.7. The largest absolute Gasteiger partial charge is 0.364 e. The van der Waals surface area contributed by atoms with Crippen LogP contribution in [0, 0.1) is 41.5 Å². The predicted octanol–water partition coefficient (Wildman–Crippen LogP) is 7.95. The summed E-state index contributed by atoms with van der Waals surface area (Å²) in [6.07, 6.45) is 4.01. The van der Waals surface area contributed by atoms with Crippen molar-refractivity contribution in [2.45, 2.75) is 53.4 Å². The monoisotopic (exact) mass is 473 g/mol. The number of rotatable bonds is 6. The Morgan fingerprint density at radius 1 is 0.528 bits per heavy atom. The Bertz CT molecular complexity index is 1330. The number of aromatic nitrogens is 3. The van der Waals surface area contributed by atoms with Gasteiger partial charge in [-0.05, 0) is 111 Å². The minimum atomic E-state index is 0.0325. The van der Waals surface area contributed by atoms with Crippen molar-refractivity contribution in [2.75, 3.05) is 0 Å². The van der Waals surface area contributed by atoms with E-state index in [9.17, 15) is 0 Å². The van der Waals surface area contributed by atoms with Crippen LogP contribution < -0.4 is 0 Å². The van der Waals surface area contributed by atoms with E-state index in [4.69, 9.17) is 4.98 Å². The fourth-order valence-electron chi connectivity index (χ4n) is 6.06. The highest BCUT2D eigenvalue weighted by Crippen LogP contribution is 2.38.